The molecule has 1 aliphatic rings. The number of hydrogen-bond donors (Lipinski definition) is 1. The van der Waals surface area contributed by atoms with Crippen LogP contribution in [0.3, 0.4) is 0 Å². The van der Waals surface area contributed by atoms with E-state index >= 15 is 0 Å². The van der Waals surface area contributed by atoms with Crippen LogP contribution in [0.2, 0.25) is 0 Å². The number of ether oxygens (including phenoxy) is 1. The van der Waals surface area contributed by atoms with Gasteiger partial charge in [-0.15, -0.1) is 0 Å². The molecule has 0 amide bonds. The van der Waals surface area contributed by atoms with Crippen LogP contribution < -0.4 is 5.32 Å². The molecule has 0 spiro atoms. The van der Waals surface area contributed by atoms with E-state index < -0.39 is 0 Å². The molecule has 0 unspecified atom stereocenters. The van der Waals surface area contributed by atoms with E-state index in [1.165, 1.54) is 11.1 Å². The number of benzene rings is 1. The Hall–Kier alpha value is -1.51. The molecule has 3 heteroatoms. The first-order valence-electron chi connectivity index (χ1n) is 6.59. The minimum Gasteiger partial charge on any atom is -0.466 e. The van der Waals surface area contributed by atoms with Gasteiger partial charge < -0.3 is 10.1 Å². The molecule has 98 valence electrons. The van der Waals surface area contributed by atoms with Crippen molar-refractivity contribution in [2.45, 2.75) is 39.7 Å². The van der Waals surface area contributed by atoms with Crippen molar-refractivity contribution in [3.8, 4) is 0 Å². The predicted octanol–water partition coefficient (Wildman–Crippen LogP) is 3.09. The van der Waals surface area contributed by atoms with Crippen LogP contribution in [0.5, 0.6) is 0 Å². The maximum atomic E-state index is 12.1. The SMILES string of the molecule is CCOC(=O)[C@H]1[C@H](C)c2c(C)cccc2N[C@@H]1C. The smallest absolute Gasteiger partial charge is 0.311 e. The molecule has 0 saturated carbocycles. The van der Waals surface area contributed by atoms with Gasteiger partial charge in [0.25, 0.3) is 0 Å². The molecular weight excluding hydrogens is 226 g/mol. The second-order valence-electron chi connectivity index (χ2n) is 5.04. The lowest BCUT2D eigenvalue weighted by atomic mass is 9.77. The van der Waals surface area contributed by atoms with Crippen LogP contribution in [0.25, 0.3) is 0 Å². The fourth-order valence-electron chi connectivity index (χ4n) is 3.01. The Balaban J connectivity index is 2.37. The van der Waals surface area contributed by atoms with E-state index in [-0.39, 0.29) is 23.8 Å². The zero-order valence-corrected chi connectivity index (χ0v) is 11.5. The molecule has 3 atom stereocenters. The molecular formula is C15H21NO2. The molecule has 0 saturated heterocycles. The molecule has 1 N–H and O–H groups in total. The van der Waals surface area contributed by atoms with Gasteiger partial charge in [-0.3, -0.25) is 4.79 Å². The van der Waals surface area contributed by atoms with E-state index in [1.54, 1.807) is 0 Å². The maximum absolute atomic E-state index is 12.1. The number of nitrogens with one attached hydrogen (secondary N) is 1. The van der Waals surface area contributed by atoms with E-state index in [0.29, 0.717) is 6.61 Å². The van der Waals surface area contributed by atoms with Crippen molar-refractivity contribution in [2.24, 2.45) is 5.92 Å². The summed E-state index contributed by atoms with van der Waals surface area (Å²) >= 11 is 0. The number of aryl methyl sites for hydroxylation is 1. The fraction of sp³-hybridized carbons (Fsp3) is 0.533. The molecule has 2 rings (SSSR count). The molecule has 0 bridgehead atoms. The summed E-state index contributed by atoms with van der Waals surface area (Å²) in [5, 5.41) is 3.42. The molecule has 18 heavy (non-hydrogen) atoms. The van der Waals surface area contributed by atoms with Gasteiger partial charge in [-0.1, -0.05) is 19.1 Å². The summed E-state index contributed by atoms with van der Waals surface area (Å²) in [6, 6.07) is 6.32. The monoisotopic (exact) mass is 247 g/mol. The fourth-order valence-corrected chi connectivity index (χ4v) is 3.01. The Morgan fingerprint density at radius 2 is 2.11 bits per heavy atom. The van der Waals surface area contributed by atoms with Crippen LogP contribution in [0.15, 0.2) is 18.2 Å². The maximum Gasteiger partial charge on any atom is 0.311 e. The summed E-state index contributed by atoms with van der Waals surface area (Å²) in [5.74, 6) is -0.0195. The molecule has 0 radical (unpaired) electrons. The van der Waals surface area contributed by atoms with Gasteiger partial charge >= 0.3 is 5.97 Å². The van der Waals surface area contributed by atoms with Crippen molar-refractivity contribution < 1.29 is 9.53 Å². The minimum atomic E-state index is -0.112. The number of rotatable bonds is 2. The average Bonchev–Trinajstić information content (AvgIpc) is 2.28. The molecule has 1 aromatic carbocycles. The Bertz CT molecular complexity index is 456. The Morgan fingerprint density at radius 3 is 2.78 bits per heavy atom. The number of carbonyl (C=O) groups is 1. The normalized spacial score (nSPS) is 26.1. The van der Waals surface area contributed by atoms with E-state index in [1.807, 2.05) is 19.9 Å². The third kappa shape index (κ3) is 2.09. The first-order valence-corrected chi connectivity index (χ1v) is 6.59. The summed E-state index contributed by atoms with van der Waals surface area (Å²) < 4.78 is 5.20. The lowest BCUT2D eigenvalue weighted by Gasteiger charge is -2.36. The zero-order chi connectivity index (χ0) is 13.3. The predicted molar refractivity (Wildman–Crippen MR) is 72.8 cm³/mol. The summed E-state index contributed by atoms with van der Waals surface area (Å²) in [4.78, 5) is 12.1. The molecule has 1 heterocycles. The standard InChI is InChI=1S/C15H21NO2/c1-5-18-15(17)14-10(3)13-9(2)7-6-8-12(13)16-11(14)4/h6-8,10-11,14,16H,5H2,1-4H3/t10-,11-,14+/m1/s1. The van der Waals surface area contributed by atoms with Gasteiger partial charge in [-0.2, -0.15) is 0 Å². The highest BCUT2D eigenvalue weighted by molar-refractivity contribution is 5.78. The van der Waals surface area contributed by atoms with Gasteiger partial charge in [-0.25, -0.2) is 0 Å². The second kappa shape index (κ2) is 5.01. The van der Waals surface area contributed by atoms with Crippen molar-refractivity contribution >= 4 is 11.7 Å². The van der Waals surface area contributed by atoms with Crippen LogP contribution >= 0.6 is 0 Å². The molecule has 0 fully saturated rings. The van der Waals surface area contributed by atoms with Crippen LogP contribution in [-0.2, 0) is 9.53 Å². The van der Waals surface area contributed by atoms with Gasteiger partial charge in [0.15, 0.2) is 0 Å². The lowest BCUT2D eigenvalue weighted by molar-refractivity contribution is -0.149. The molecule has 1 aromatic rings. The van der Waals surface area contributed by atoms with Crippen molar-refractivity contribution in [2.75, 3.05) is 11.9 Å². The van der Waals surface area contributed by atoms with Gasteiger partial charge in [0.1, 0.15) is 0 Å². The van der Waals surface area contributed by atoms with Crippen LogP contribution in [-0.4, -0.2) is 18.6 Å². The van der Waals surface area contributed by atoms with Gasteiger partial charge in [0.2, 0.25) is 0 Å². The minimum absolute atomic E-state index is 0.0982. The summed E-state index contributed by atoms with van der Waals surface area (Å²) in [7, 11) is 0. The lowest BCUT2D eigenvalue weighted by Crippen LogP contribution is -2.41. The quantitative estimate of drug-likeness (QED) is 0.816. The third-order valence-corrected chi connectivity index (χ3v) is 3.80. The number of hydrogen-bond acceptors (Lipinski definition) is 3. The number of anilines is 1. The first kappa shape index (κ1) is 12.9. The van der Waals surface area contributed by atoms with Gasteiger partial charge in [0, 0.05) is 11.7 Å². The zero-order valence-electron chi connectivity index (χ0n) is 11.5. The molecule has 3 nitrogen and oxygen atoms in total. The average molecular weight is 247 g/mol. The molecule has 0 aliphatic carbocycles. The van der Waals surface area contributed by atoms with Crippen molar-refractivity contribution in [3.63, 3.8) is 0 Å². The summed E-state index contributed by atoms with van der Waals surface area (Å²) in [6.07, 6.45) is 0. The highest BCUT2D eigenvalue weighted by atomic mass is 16.5. The Morgan fingerprint density at radius 1 is 1.39 bits per heavy atom. The van der Waals surface area contributed by atoms with E-state index in [4.69, 9.17) is 4.74 Å². The van der Waals surface area contributed by atoms with E-state index in [9.17, 15) is 4.79 Å². The Kier molecular flexibility index (Phi) is 3.60. The van der Waals surface area contributed by atoms with Crippen LogP contribution in [0.1, 0.15) is 37.8 Å². The number of esters is 1. The van der Waals surface area contributed by atoms with Gasteiger partial charge in [0.05, 0.1) is 12.5 Å². The van der Waals surface area contributed by atoms with Crippen molar-refractivity contribution in [1.82, 2.24) is 0 Å². The largest absolute Gasteiger partial charge is 0.466 e. The van der Waals surface area contributed by atoms with Crippen LogP contribution in [0.4, 0.5) is 5.69 Å². The topological polar surface area (TPSA) is 38.3 Å². The summed E-state index contributed by atoms with van der Waals surface area (Å²) in [5.41, 5.74) is 3.62. The third-order valence-electron chi connectivity index (χ3n) is 3.80. The number of fused-ring (bicyclic) bond motifs is 1. The first-order chi connectivity index (χ1) is 8.56. The highest BCUT2D eigenvalue weighted by Crippen LogP contribution is 2.40. The van der Waals surface area contributed by atoms with Crippen LogP contribution in [0, 0.1) is 12.8 Å². The van der Waals surface area contributed by atoms with Crippen molar-refractivity contribution in [1.29, 1.82) is 0 Å². The van der Waals surface area contributed by atoms with E-state index in [2.05, 4.69) is 31.3 Å². The Labute approximate surface area is 109 Å². The van der Waals surface area contributed by atoms with Crippen molar-refractivity contribution in [3.05, 3.63) is 29.3 Å². The second-order valence-corrected chi connectivity index (χ2v) is 5.04. The molecule has 0 aromatic heterocycles. The molecule has 1 aliphatic heterocycles. The highest BCUT2D eigenvalue weighted by Gasteiger charge is 2.38. The summed E-state index contributed by atoms with van der Waals surface area (Å²) in [6.45, 7) is 8.54. The number of carbonyl (C=O) groups excluding carboxylic acids is 1. The van der Waals surface area contributed by atoms with Gasteiger partial charge in [-0.05, 0) is 43.9 Å². The van der Waals surface area contributed by atoms with E-state index in [0.717, 1.165) is 5.69 Å².